The minimum absolute atomic E-state index is 0.00266. The quantitative estimate of drug-likeness (QED) is 0.122. The first-order valence-electron chi connectivity index (χ1n) is 11.0. The number of carboxylic acid groups (broad SMARTS) is 2. The number of phenolic OH excluding ortho intramolecular Hbond substituents is 1. The van der Waals surface area contributed by atoms with Gasteiger partial charge in [0.15, 0.2) is 0 Å². The zero-order valence-electron chi connectivity index (χ0n) is 19.7. The number of amides is 3. The molecule has 1 aromatic carbocycles. The number of carbonyl (C=O) groups excluding carboxylic acids is 3. The van der Waals surface area contributed by atoms with Gasteiger partial charge in [-0.1, -0.05) is 12.1 Å². The second kappa shape index (κ2) is 15.6. The third-order valence-corrected chi connectivity index (χ3v) is 5.70. The number of nitrogens with two attached hydrogens (primary N) is 1. The summed E-state index contributed by atoms with van der Waals surface area (Å²) in [6.07, 6.45) is 1.28. The van der Waals surface area contributed by atoms with Gasteiger partial charge < -0.3 is 42.1 Å². The molecule has 0 saturated carbocycles. The van der Waals surface area contributed by atoms with Gasteiger partial charge >= 0.3 is 11.9 Å². The maximum absolute atomic E-state index is 12.9. The lowest BCUT2D eigenvalue weighted by molar-refractivity contribution is -0.142. The number of hydrogen-bond donors (Lipinski definition) is 8. The van der Waals surface area contributed by atoms with E-state index in [1.54, 1.807) is 6.26 Å². The highest BCUT2D eigenvalue weighted by Crippen LogP contribution is 2.12. The average molecular weight is 529 g/mol. The van der Waals surface area contributed by atoms with Crippen molar-refractivity contribution in [3.8, 4) is 5.75 Å². The summed E-state index contributed by atoms with van der Waals surface area (Å²) in [6, 6.07) is 0.609. The third-order valence-electron chi connectivity index (χ3n) is 5.06. The maximum atomic E-state index is 12.9. The van der Waals surface area contributed by atoms with E-state index >= 15 is 0 Å². The molecule has 0 aromatic heterocycles. The zero-order valence-corrected chi connectivity index (χ0v) is 20.5. The lowest BCUT2D eigenvalue weighted by Crippen LogP contribution is -2.58. The summed E-state index contributed by atoms with van der Waals surface area (Å²) in [5, 5.41) is 44.2. The molecule has 0 saturated heterocycles. The largest absolute Gasteiger partial charge is 0.508 e. The Labute approximate surface area is 211 Å². The SMILES string of the molecule is CSCCC(NC(=O)C(CO)NC(=O)C(N)CCC(=O)O)C(=O)NC(Cc1ccc(O)cc1)C(=O)O. The third kappa shape index (κ3) is 10.9. The van der Waals surface area contributed by atoms with Crippen LogP contribution in [0.25, 0.3) is 0 Å². The number of carboxylic acids is 2. The normalized spacial score (nSPS) is 14.1. The summed E-state index contributed by atoms with van der Waals surface area (Å²) in [5.41, 5.74) is 6.16. The summed E-state index contributed by atoms with van der Waals surface area (Å²) in [7, 11) is 0. The first kappa shape index (κ1) is 30.7. The highest BCUT2D eigenvalue weighted by molar-refractivity contribution is 7.98. The van der Waals surface area contributed by atoms with E-state index in [-0.39, 0.29) is 31.4 Å². The Hall–Kier alpha value is -3.36. The Morgan fingerprint density at radius 1 is 0.889 bits per heavy atom. The number of nitrogens with one attached hydrogen (secondary N) is 3. The number of aromatic hydroxyl groups is 1. The minimum atomic E-state index is -1.47. The summed E-state index contributed by atoms with van der Waals surface area (Å²) in [5.74, 6) is -4.54. The van der Waals surface area contributed by atoms with E-state index in [4.69, 9.17) is 10.8 Å². The van der Waals surface area contributed by atoms with Crippen molar-refractivity contribution in [1.82, 2.24) is 16.0 Å². The lowest BCUT2D eigenvalue weighted by atomic mass is 10.0. The molecule has 14 heteroatoms. The fraction of sp³-hybridized carbons (Fsp3) is 0.500. The van der Waals surface area contributed by atoms with Crippen LogP contribution >= 0.6 is 11.8 Å². The molecule has 9 N–H and O–H groups in total. The second-order valence-electron chi connectivity index (χ2n) is 7.90. The van der Waals surface area contributed by atoms with Gasteiger partial charge in [-0.15, -0.1) is 0 Å². The summed E-state index contributed by atoms with van der Waals surface area (Å²) >= 11 is 1.39. The summed E-state index contributed by atoms with van der Waals surface area (Å²) < 4.78 is 0. The van der Waals surface area contributed by atoms with Crippen LogP contribution in [0.2, 0.25) is 0 Å². The van der Waals surface area contributed by atoms with Crippen LogP contribution < -0.4 is 21.7 Å². The monoisotopic (exact) mass is 528 g/mol. The molecule has 0 aliphatic rings. The van der Waals surface area contributed by atoms with Crippen molar-refractivity contribution >= 4 is 41.4 Å². The fourth-order valence-electron chi connectivity index (χ4n) is 3.00. The van der Waals surface area contributed by atoms with Crippen LogP contribution in [0.5, 0.6) is 5.75 Å². The first-order chi connectivity index (χ1) is 17.0. The Morgan fingerprint density at radius 3 is 1.97 bits per heavy atom. The van der Waals surface area contributed by atoms with Crippen LogP contribution in [0, 0.1) is 0 Å². The van der Waals surface area contributed by atoms with Crippen molar-refractivity contribution in [3.63, 3.8) is 0 Å². The molecule has 0 aliphatic heterocycles. The van der Waals surface area contributed by atoms with Gasteiger partial charge in [0.2, 0.25) is 17.7 Å². The number of aliphatic hydroxyl groups is 1. The molecule has 4 unspecified atom stereocenters. The molecule has 0 fully saturated rings. The maximum Gasteiger partial charge on any atom is 0.326 e. The molecule has 0 radical (unpaired) electrons. The molecular weight excluding hydrogens is 496 g/mol. The summed E-state index contributed by atoms with van der Waals surface area (Å²) in [6.45, 7) is -0.821. The van der Waals surface area contributed by atoms with Crippen molar-refractivity contribution in [2.75, 3.05) is 18.6 Å². The van der Waals surface area contributed by atoms with E-state index in [1.165, 1.54) is 36.0 Å². The average Bonchev–Trinajstić information content (AvgIpc) is 2.83. The molecule has 0 spiro atoms. The van der Waals surface area contributed by atoms with E-state index in [0.29, 0.717) is 11.3 Å². The lowest BCUT2D eigenvalue weighted by Gasteiger charge is -2.24. The van der Waals surface area contributed by atoms with Crippen LogP contribution in [0.15, 0.2) is 24.3 Å². The highest BCUT2D eigenvalue weighted by Gasteiger charge is 2.30. The smallest absolute Gasteiger partial charge is 0.326 e. The molecule has 0 bridgehead atoms. The van der Waals surface area contributed by atoms with Gasteiger partial charge in [-0.3, -0.25) is 19.2 Å². The number of thioether (sulfide) groups is 1. The molecule has 3 amide bonds. The number of benzene rings is 1. The van der Waals surface area contributed by atoms with Gasteiger partial charge in [-0.05, 0) is 42.5 Å². The first-order valence-corrected chi connectivity index (χ1v) is 12.4. The number of phenols is 1. The molecular formula is C22H32N4O9S. The van der Waals surface area contributed by atoms with Gasteiger partial charge in [0.05, 0.1) is 12.6 Å². The standard InChI is InChI=1S/C22H32N4O9S/c1-36-9-8-15(20(32)25-16(22(34)35)10-12-2-4-13(28)5-3-12)24-21(33)17(11-27)26-19(31)14(23)6-7-18(29)30/h2-5,14-17,27-28H,6-11,23H2,1H3,(H,24,33)(H,25,32)(H,26,31)(H,29,30)(H,34,35). The topological polar surface area (TPSA) is 228 Å². The van der Waals surface area contributed by atoms with Crippen molar-refractivity contribution in [2.24, 2.45) is 5.73 Å². The Morgan fingerprint density at radius 2 is 1.44 bits per heavy atom. The van der Waals surface area contributed by atoms with Crippen LogP contribution in [-0.4, -0.2) is 92.9 Å². The van der Waals surface area contributed by atoms with Crippen LogP contribution in [0.1, 0.15) is 24.8 Å². The highest BCUT2D eigenvalue weighted by atomic mass is 32.2. The number of rotatable bonds is 16. The van der Waals surface area contributed by atoms with Crippen molar-refractivity contribution in [3.05, 3.63) is 29.8 Å². The second-order valence-corrected chi connectivity index (χ2v) is 8.88. The van der Waals surface area contributed by atoms with Crippen LogP contribution in [0.4, 0.5) is 0 Å². The fourth-order valence-corrected chi connectivity index (χ4v) is 3.47. The molecule has 4 atom stereocenters. The Kier molecular flexibility index (Phi) is 13.3. The molecule has 200 valence electrons. The van der Waals surface area contributed by atoms with E-state index in [9.17, 15) is 39.3 Å². The van der Waals surface area contributed by atoms with Crippen LogP contribution in [-0.2, 0) is 30.4 Å². The summed E-state index contributed by atoms with van der Waals surface area (Å²) in [4.78, 5) is 60.1. The van der Waals surface area contributed by atoms with E-state index in [2.05, 4.69) is 16.0 Å². The molecule has 0 aliphatic carbocycles. The van der Waals surface area contributed by atoms with E-state index in [1.807, 2.05) is 0 Å². The van der Waals surface area contributed by atoms with Gasteiger partial charge in [0.25, 0.3) is 0 Å². The van der Waals surface area contributed by atoms with Gasteiger partial charge in [-0.2, -0.15) is 11.8 Å². The predicted octanol–water partition coefficient (Wildman–Crippen LogP) is -1.59. The molecule has 1 rings (SSSR count). The van der Waals surface area contributed by atoms with E-state index < -0.39 is 60.4 Å². The number of hydrogen-bond acceptors (Lipinski definition) is 9. The van der Waals surface area contributed by atoms with Crippen molar-refractivity contribution in [2.45, 2.75) is 49.9 Å². The van der Waals surface area contributed by atoms with Gasteiger partial charge in [-0.25, -0.2) is 4.79 Å². The minimum Gasteiger partial charge on any atom is -0.508 e. The van der Waals surface area contributed by atoms with Crippen molar-refractivity contribution in [1.29, 1.82) is 0 Å². The zero-order chi connectivity index (χ0) is 27.3. The Bertz CT molecular complexity index is 913. The van der Waals surface area contributed by atoms with Gasteiger partial charge in [0.1, 0.15) is 23.9 Å². The molecule has 36 heavy (non-hydrogen) atoms. The number of aliphatic hydroxyl groups excluding tert-OH is 1. The van der Waals surface area contributed by atoms with E-state index in [0.717, 1.165) is 0 Å². The molecule has 1 aromatic rings. The molecule has 0 heterocycles. The number of carbonyl (C=O) groups is 5. The van der Waals surface area contributed by atoms with Crippen LogP contribution in [0.3, 0.4) is 0 Å². The van der Waals surface area contributed by atoms with Gasteiger partial charge in [0, 0.05) is 12.8 Å². The van der Waals surface area contributed by atoms with Crippen molar-refractivity contribution < 1.29 is 44.4 Å². The Balaban J connectivity index is 2.87. The predicted molar refractivity (Wildman–Crippen MR) is 130 cm³/mol. The number of aliphatic carboxylic acids is 2. The molecule has 13 nitrogen and oxygen atoms in total.